The molecule has 0 aromatic heterocycles. The van der Waals surface area contributed by atoms with Crippen molar-refractivity contribution in [1.29, 1.82) is 0 Å². The smallest absolute Gasteiger partial charge is 0.0390 e. The van der Waals surface area contributed by atoms with Crippen LogP contribution >= 0.6 is 0 Å². The van der Waals surface area contributed by atoms with E-state index in [2.05, 4.69) is 18.3 Å². The first-order chi connectivity index (χ1) is 8.24. The van der Waals surface area contributed by atoms with Crippen LogP contribution in [0.25, 0.3) is 0 Å². The Morgan fingerprint density at radius 2 is 2.18 bits per heavy atom. The second-order valence-corrected chi connectivity index (χ2v) is 5.84. The van der Waals surface area contributed by atoms with E-state index < -0.39 is 0 Å². The van der Waals surface area contributed by atoms with Crippen molar-refractivity contribution in [3.63, 3.8) is 0 Å². The first-order valence-corrected chi connectivity index (χ1v) is 6.83. The standard InChI is InChI=1S/C15H22N2/c1-10-14(16)3-2-4-15(10)17-9-13-8-11-5-6-12(13)7-11/h2-4,11-13,17H,5-9,16H2,1H3. The van der Waals surface area contributed by atoms with Crippen LogP contribution in [-0.4, -0.2) is 6.54 Å². The zero-order valence-electron chi connectivity index (χ0n) is 10.6. The van der Waals surface area contributed by atoms with Crippen molar-refractivity contribution in [2.24, 2.45) is 17.8 Å². The molecule has 1 aromatic rings. The van der Waals surface area contributed by atoms with E-state index in [4.69, 9.17) is 5.73 Å². The molecule has 3 unspecified atom stereocenters. The summed E-state index contributed by atoms with van der Waals surface area (Å²) in [5.74, 6) is 2.93. The van der Waals surface area contributed by atoms with Gasteiger partial charge in [0.05, 0.1) is 0 Å². The van der Waals surface area contributed by atoms with Crippen molar-refractivity contribution in [3.05, 3.63) is 23.8 Å². The lowest BCUT2D eigenvalue weighted by Crippen LogP contribution is -2.20. The summed E-state index contributed by atoms with van der Waals surface area (Å²) >= 11 is 0. The third-order valence-electron chi connectivity index (χ3n) is 4.81. The van der Waals surface area contributed by atoms with Gasteiger partial charge in [-0.25, -0.2) is 0 Å². The maximum absolute atomic E-state index is 5.92. The van der Waals surface area contributed by atoms with Crippen LogP contribution in [0.5, 0.6) is 0 Å². The molecule has 0 spiro atoms. The molecule has 3 N–H and O–H groups in total. The summed E-state index contributed by atoms with van der Waals surface area (Å²) in [5.41, 5.74) is 9.22. The highest BCUT2D eigenvalue weighted by atomic mass is 14.9. The number of benzene rings is 1. The van der Waals surface area contributed by atoms with Gasteiger partial charge in [0.15, 0.2) is 0 Å². The monoisotopic (exact) mass is 230 g/mol. The highest BCUT2D eigenvalue weighted by Gasteiger charge is 2.38. The molecule has 0 aliphatic heterocycles. The Morgan fingerprint density at radius 3 is 2.88 bits per heavy atom. The predicted octanol–water partition coefficient (Wildman–Crippen LogP) is 3.43. The highest BCUT2D eigenvalue weighted by Crippen LogP contribution is 2.48. The van der Waals surface area contributed by atoms with Crippen molar-refractivity contribution < 1.29 is 0 Å². The van der Waals surface area contributed by atoms with E-state index in [1.165, 1.54) is 36.9 Å². The summed E-state index contributed by atoms with van der Waals surface area (Å²) in [6, 6.07) is 6.14. The third kappa shape index (κ3) is 2.01. The van der Waals surface area contributed by atoms with Gasteiger partial charge in [0, 0.05) is 17.9 Å². The minimum absolute atomic E-state index is 0.892. The van der Waals surface area contributed by atoms with Crippen LogP contribution in [0.4, 0.5) is 11.4 Å². The fourth-order valence-electron chi connectivity index (χ4n) is 3.71. The number of anilines is 2. The Hall–Kier alpha value is -1.18. The number of rotatable bonds is 3. The Bertz CT molecular complexity index is 413. The van der Waals surface area contributed by atoms with E-state index in [1.807, 2.05) is 12.1 Å². The molecule has 2 aliphatic rings. The van der Waals surface area contributed by atoms with Gasteiger partial charge in [-0.3, -0.25) is 0 Å². The average Bonchev–Trinajstić information content (AvgIpc) is 2.93. The molecular formula is C15H22N2. The number of hydrogen-bond acceptors (Lipinski definition) is 2. The lowest BCUT2D eigenvalue weighted by molar-refractivity contribution is 0.348. The SMILES string of the molecule is Cc1c(N)cccc1NCC1CC2CCC1C2. The number of nitrogens with two attached hydrogens (primary N) is 1. The number of nitrogen functional groups attached to an aromatic ring is 1. The van der Waals surface area contributed by atoms with Gasteiger partial charge in [-0.2, -0.15) is 0 Å². The zero-order valence-corrected chi connectivity index (χ0v) is 10.6. The lowest BCUT2D eigenvalue weighted by Gasteiger charge is -2.23. The van der Waals surface area contributed by atoms with Gasteiger partial charge >= 0.3 is 0 Å². The molecule has 92 valence electrons. The van der Waals surface area contributed by atoms with Gasteiger partial charge in [-0.15, -0.1) is 0 Å². The molecular weight excluding hydrogens is 208 g/mol. The van der Waals surface area contributed by atoms with Crippen molar-refractivity contribution in [3.8, 4) is 0 Å². The molecule has 0 heterocycles. The largest absolute Gasteiger partial charge is 0.398 e. The second kappa shape index (κ2) is 4.25. The highest BCUT2D eigenvalue weighted by molar-refractivity contribution is 5.62. The van der Waals surface area contributed by atoms with E-state index in [0.29, 0.717) is 0 Å². The summed E-state index contributed by atoms with van der Waals surface area (Å²) in [6.45, 7) is 3.23. The minimum Gasteiger partial charge on any atom is -0.398 e. The van der Waals surface area contributed by atoms with Crippen LogP contribution in [0.1, 0.15) is 31.2 Å². The van der Waals surface area contributed by atoms with Crippen LogP contribution in [0.2, 0.25) is 0 Å². The maximum Gasteiger partial charge on any atom is 0.0390 e. The number of nitrogens with one attached hydrogen (secondary N) is 1. The predicted molar refractivity (Wildman–Crippen MR) is 73.0 cm³/mol. The van der Waals surface area contributed by atoms with Gasteiger partial charge < -0.3 is 11.1 Å². The van der Waals surface area contributed by atoms with Gasteiger partial charge in [0.25, 0.3) is 0 Å². The van der Waals surface area contributed by atoms with Crippen molar-refractivity contribution in [1.82, 2.24) is 0 Å². The summed E-state index contributed by atoms with van der Waals surface area (Å²) in [6.07, 6.45) is 5.88. The molecule has 17 heavy (non-hydrogen) atoms. The molecule has 3 atom stereocenters. The minimum atomic E-state index is 0.892. The average molecular weight is 230 g/mol. The molecule has 2 heteroatoms. The zero-order chi connectivity index (χ0) is 11.8. The first kappa shape index (κ1) is 10.9. The first-order valence-electron chi connectivity index (χ1n) is 6.83. The summed E-state index contributed by atoms with van der Waals surface area (Å²) in [7, 11) is 0. The Balaban J connectivity index is 1.62. The molecule has 1 aromatic carbocycles. The third-order valence-corrected chi connectivity index (χ3v) is 4.81. The number of hydrogen-bond donors (Lipinski definition) is 2. The van der Waals surface area contributed by atoms with Crippen molar-refractivity contribution in [2.45, 2.75) is 32.6 Å². The molecule has 0 saturated heterocycles. The molecule has 3 rings (SSSR count). The van der Waals surface area contributed by atoms with E-state index >= 15 is 0 Å². The maximum atomic E-state index is 5.92. The summed E-state index contributed by atoms with van der Waals surface area (Å²) < 4.78 is 0. The summed E-state index contributed by atoms with van der Waals surface area (Å²) in [4.78, 5) is 0. The van der Waals surface area contributed by atoms with Gasteiger partial charge in [-0.1, -0.05) is 12.5 Å². The van der Waals surface area contributed by atoms with Crippen molar-refractivity contribution >= 4 is 11.4 Å². The van der Waals surface area contributed by atoms with Gasteiger partial charge in [0.2, 0.25) is 0 Å². The van der Waals surface area contributed by atoms with Gasteiger partial charge in [0.1, 0.15) is 0 Å². The lowest BCUT2D eigenvalue weighted by atomic mass is 9.89. The van der Waals surface area contributed by atoms with Crippen LogP contribution < -0.4 is 11.1 Å². The van der Waals surface area contributed by atoms with Crippen LogP contribution in [0, 0.1) is 24.7 Å². The molecule has 2 aliphatic carbocycles. The Morgan fingerprint density at radius 1 is 1.29 bits per heavy atom. The van der Waals surface area contributed by atoms with E-state index in [0.717, 1.165) is 30.0 Å². The topological polar surface area (TPSA) is 38.0 Å². The van der Waals surface area contributed by atoms with E-state index in [9.17, 15) is 0 Å². The molecule has 0 radical (unpaired) electrons. The molecule has 2 bridgehead atoms. The normalized spacial score (nSPS) is 30.8. The van der Waals surface area contributed by atoms with Crippen LogP contribution in [-0.2, 0) is 0 Å². The molecule has 2 saturated carbocycles. The van der Waals surface area contributed by atoms with Crippen LogP contribution in [0.15, 0.2) is 18.2 Å². The molecule has 2 nitrogen and oxygen atoms in total. The molecule has 2 fully saturated rings. The van der Waals surface area contributed by atoms with E-state index in [-0.39, 0.29) is 0 Å². The quantitative estimate of drug-likeness (QED) is 0.781. The van der Waals surface area contributed by atoms with Crippen LogP contribution in [0.3, 0.4) is 0 Å². The number of fused-ring (bicyclic) bond motifs is 2. The Kier molecular flexibility index (Phi) is 2.73. The van der Waals surface area contributed by atoms with Gasteiger partial charge in [-0.05, 0) is 61.6 Å². The Labute approximate surface area is 104 Å². The fourth-order valence-corrected chi connectivity index (χ4v) is 3.71. The summed E-state index contributed by atoms with van der Waals surface area (Å²) in [5, 5.41) is 3.60. The fraction of sp³-hybridized carbons (Fsp3) is 0.600. The van der Waals surface area contributed by atoms with E-state index in [1.54, 1.807) is 0 Å². The van der Waals surface area contributed by atoms with Crippen molar-refractivity contribution in [2.75, 3.05) is 17.6 Å². The molecule has 0 amide bonds. The second-order valence-electron chi connectivity index (χ2n) is 5.84.